The Balaban J connectivity index is 1.91. The Morgan fingerprint density at radius 1 is 1.25 bits per heavy atom. The first-order chi connectivity index (χ1) is 9.65. The van der Waals surface area contributed by atoms with Gasteiger partial charge in [-0.3, -0.25) is 4.79 Å². The molecule has 0 aromatic heterocycles. The number of rotatable bonds is 4. The Hall–Kier alpha value is -2.33. The van der Waals surface area contributed by atoms with E-state index < -0.39 is 0 Å². The minimum Gasteiger partial charge on any atom is -0.508 e. The number of carbonyl (C=O) groups excluding carboxylic acids is 1. The molecule has 2 aromatic carbocycles. The van der Waals surface area contributed by atoms with Gasteiger partial charge in [0.25, 0.3) is 0 Å². The number of carbonyl (C=O) groups is 1. The van der Waals surface area contributed by atoms with E-state index in [-0.39, 0.29) is 18.1 Å². The summed E-state index contributed by atoms with van der Waals surface area (Å²) in [5.74, 6) is -0.131. The fourth-order valence-electron chi connectivity index (χ4n) is 1.64. The quantitative estimate of drug-likeness (QED) is 0.671. The summed E-state index contributed by atoms with van der Waals surface area (Å²) in [5, 5.41) is 13.7. The first kappa shape index (κ1) is 14.1. The van der Waals surface area contributed by atoms with Crippen LogP contribution >= 0.6 is 11.6 Å². The average molecular weight is 289 g/mol. The van der Waals surface area contributed by atoms with Gasteiger partial charge in [-0.25, -0.2) is 5.43 Å². The predicted octanol–water partition coefficient (Wildman–Crippen LogP) is 2.74. The van der Waals surface area contributed by atoms with Crippen LogP contribution in [0.25, 0.3) is 0 Å². The van der Waals surface area contributed by atoms with Crippen molar-refractivity contribution in [3.05, 3.63) is 64.7 Å². The molecule has 0 radical (unpaired) electrons. The molecule has 1 amide bonds. The van der Waals surface area contributed by atoms with Crippen molar-refractivity contribution in [3.63, 3.8) is 0 Å². The summed E-state index contributed by atoms with van der Waals surface area (Å²) in [6, 6.07) is 13.7. The van der Waals surface area contributed by atoms with Crippen LogP contribution in [0.15, 0.2) is 53.6 Å². The zero-order chi connectivity index (χ0) is 14.4. The lowest BCUT2D eigenvalue weighted by Crippen LogP contribution is -2.19. The fraction of sp³-hybridized carbons (Fsp3) is 0.0667. The van der Waals surface area contributed by atoms with E-state index in [9.17, 15) is 9.90 Å². The molecule has 2 N–H and O–H groups in total. The van der Waals surface area contributed by atoms with Crippen LogP contribution in [0.5, 0.6) is 5.75 Å². The molecule has 0 saturated heterocycles. The number of phenols is 1. The summed E-state index contributed by atoms with van der Waals surface area (Å²) in [6.07, 6.45) is 1.64. The lowest BCUT2D eigenvalue weighted by atomic mass is 10.1. The molecule has 0 saturated carbocycles. The highest BCUT2D eigenvalue weighted by atomic mass is 35.5. The van der Waals surface area contributed by atoms with E-state index in [1.807, 2.05) is 12.1 Å². The minimum atomic E-state index is -0.265. The molecule has 0 aliphatic rings. The maximum atomic E-state index is 11.7. The van der Waals surface area contributed by atoms with Crippen LogP contribution in [0, 0.1) is 0 Å². The Morgan fingerprint density at radius 2 is 2.05 bits per heavy atom. The van der Waals surface area contributed by atoms with Gasteiger partial charge in [-0.05, 0) is 23.8 Å². The molecule has 20 heavy (non-hydrogen) atoms. The highest BCUT2D eigenvalue weighted by Gasteiger charge is 2.02. The predicted molar refractivity (Wildman–Crippen MR) is 79.0 cm³/mol. The van der Waals surface area contributed by atoms with Gasteiger partial charge >= 0.3 is 0 Å². The van der Waals surface area contributed by atoms with Gasteiger partial charge in [-0.15, -0.1) is 0 Å². The van der Waals surface area contributed by atoms with Gasteiger partial charge in [0.1, 0.15) is 5.75 Å². The molecule has 0 spiro atoms. The maximum absolute atomic E-state index is 11.7. The Labute approximate surface area is 121 Å². The van der Waals surface area contributed by atoms with Crippen LogP contribution in [0.1, 0.15) is 11.1 Å². The number of nitrogens with one attached hydrogen (secondary N) is 1. The number of aromatic hydroxyl groups is 1. The average Bonchev–Trinajstić information content (AvgIpc) is 2.41. The van der Waals surface area contributed by atoms with Crippen molar-refractivity contribution in [2.45, 2.75) is 6.42 Å². The smallest absolute Gasteiger partial charge is 0.244 e. The molecule has 5 heteroatoms. The number of hydrazone groups is 1. The van der Waals surface area contributed by atoms with Crippen LogP contribution in [0.4, 0.5) is 0 Å². The van der Waals surface area contributed by atoms with Gasteiger partial charge in [0.15, 0.2) is 0 Å². The fourth-order valence-corrected chi connectivity index (χ4v) is 1.83. The van der Waals surface area contributed by atoms with E-state index in [1.54, 1.807) is 30.3 Å². The van der Waals surface area contributed by atoms with E-state index in [0.29, 0.717) is 5.02 Å². The van der Waals surface area contributed by atoms with E-state index in [2.05, 4.69) is 10.5 Å². The Kier molecular flexibility index (Phi) is 4.74. The van der Waals surface area contributed by atoms with Crippen molar-refractivity contribution >= 4 is 23.7 Å². The zero-order valence-electron chi connectivity index (χ0n) is 10.6. The van der Waals surface area contributed by atoms with E-state index in [1.165, 1.54) is 12.3 Å². The van der Waals surface area contributed by atoms with Crippen molar-refractivity contribution in [1.29, 1.82) is 0 Å². The van der Waals surface area contributed by atoms with Gasteiger partial charge in [0.05, 0.1) is 12.6 Å². The maximum Gasteiger partial charge on any atom is 0.244 e. The number of nitrogens with zero attached hydrogens (tertiary/aromatic N) is 1. The molecule has 0 aliphatic carbocycles. The number of hydrogen-bond acceptors (Lipinski definition) is 3. The molecule has 0 aliphatic heterocycles. The lowest BCUT2D eigenvalue weighted by Gasteiger charge is -2.01. The normalized spacial score (nSPS) is 10.7. The molecule has 0 atom stereocenters. The highest BCUT2D eigenvalue weighted by Crippen LogP contribution is 2.12. The van der Waals surface area contributed by atoms with Gasteiger partial charge in [-0.2, -0.15) is 5.10 Å². The van der Waals surface area contributed by atoms with Gasteiger partial charge < -0.3 is 5.11 Å². The Bertz CT molecular complexity index is 641. The van der Waals surface area contributed by atoms with Crippen molar-refractivity contribution in [3.8, 4) is 5.75 Å². The number of amides is 1. The number of benzene rings is 2. The molecule has 2 aromatic rings. The molecule has 2 rings (SSSR count). The second-order valence-corrected chi connectivity index (χ2v) is 4.57. The SMILES string of the molecule is O=C(Cc1cccc(O)c1)NN=Cc1ccccc1Cl. The third-order valence-corrected chi connectivity index (χ3v) is 2.92. The zero-order valence-corrected chi connectivity index (χ0v) is 11.3. The van der Waals surface area contributed by atoms with Crippen molar-refractivity contribution in [2.24, 2.45) is 5.10 Å². The van der Waals surface area contributed by atoms with Crippen molar-refractivity contribution < 1.29 is 9.90 Å². The summed E-state index contributed by atoms with van der Waals surface area (Å²) >= 11 is 5.96. The molecular formula is C15H13ClN2O2. The minimum absolute atomic E-state index is 0.134. The molecular weight excluding hydrogens is 276 g/mol. The Morgan fingerprint density at radius 3 is 2.80 bits per heavy atom. The monoisotopic (exact) mass is 288 g/mol. The van der Waals surface area contributed by atoms with Gasteiger partial charge in [0, 0.05) is 10.6 Å². The topological polar surface area (TPSA) is 61.7 Å². The molecule has 102 valence electrons. The second kappa shape index (κ2) is 6.73. The summed E-state index contributed by atoms with van der Waals surface area (Å²) in [4.78, 5) is 11.7. The van der Waals surface area contributed by atoms with Gasteiger partial charge in [-0.1, -0.05) is 41.9 Å². The van der Waals surface area contributed by atoms with Gasteiger partial charge in [0.2, 0.25) is 5.91 Å². The summed E-state index contributed by atoms with van der Waals surface area (Å²) in [6.45, 7) is 0. The van der Waals surface area contributed by atoms with Crippen LogP contribution in [0.2, 0.25) is 5.02 Å². The largest absolute Gasteiger partial charge is 0.508 e. The number of hydrogen-bond donors (Lipinski definition) is 2. The first-order valence-electron chi connectivity index (χ1n) is 5.99. The summed E-state index contributed by atoms with van der Waals surface area (Å²) in [5.41, 5.74) is 3.86. The number of phenolic OH excluding ortho intramolecular Hbond substituents is 1. The molecule has 0 fully saturated rings. The standard InChI is InChI=1S/C15H13ClN2O2/c16-14-7-2-1-5-12(14)10-17-18-15(20)9-11-4-3-6-13(19)8-11/h1-8,10,19H,9H2,(H,18,20). The summed E-state index contributed by atoms with van der Waals surface area (Å²) in [7, 11) is 0. The van der Waals surface area contributed by atoms with E-state index in [4.69, 9.17) is 11.6 Å². The van der Waals surface area contributed by atoms with Crippen molar-refractivity contribution in [2.75, 3.05) is 0 Å². The molecule has 0 unspecified atom stereocenters. The third-order valence-electron chi connectivity index (χ3n) is 2.57. The molecule has 0 heterocycles. The highest BCUT2D eigenvalue weighted by molar-refractivity contribution is 6.33. The van der Waals surface area contributed by atoms with Crippen molar-refractivity contribution in [1.82, 2.24) is 5.43 Å². The number of halogens is 1. The third kappa shape index (κ3) is 4.10. The van der Waals surface area contributed by atoms with E-state index >= 15 is 0 Å². The van der Waals surface area contributed by atoms with Crippen LogP contribution < -0.4 is 5.43 Å². The molecule has 4 nitrogen and oxygen atoms in total. The van der Waals surface area contributed by atoms with Crippen LogP contribution in [0.3, 0.4) is 0 Å². The van der Waals surface area contributed by atoms with Crippen LogP contribution in [-0.4, -0.2) is 17.2 Å². The van der Waals surface area contributed by atoms with E-state index in [0.717, 1.165) is 11.1 Å². The first-order valence-corrected chi connectivity index (χ1v) is 6.37. The second-order valence-electron chi connectivity index (χ2n) is 4.16. The lowest BCUT2D eigenvalue weighted by molar-refractivity contribution is -0.120. The van der Waals surface area contributed by atoms with Crippen LogP contribution in [-0.2, 0) is 11.2 Å². The molecule has 0 bridgehead atoms. The summed E-state index contributed by atoms with van der Waals surface area (Å²) < 4.78 is 0.